The molecule has 1 saturated heterocycles. The van der Waals surface area contributed by atoms with Crippen molar-refractivity contribution in [2.75, 3.05) is 20.2 Å². The maximum Gasteiger partial charge on any atom is 0.336 e. The van der Waals surface area contributed by atoms with Gasteiger partial charge in [-0.15, -0.1) is 0 Å². The summed E-state index contributed by atoms with van der Waals surface area (Å²) in [6, 6.07) is 2.55. The topological polar surface area (TPSA) is 38.8 Å². The Morgan fingerprint density at radius 1 is 1.63 bits per heavy atom. The minimum absolute atomic E-state index is 0.0581. The van der Waals surface area contributed by atoms with E-state index in [4.69, 9.17) is 9.47 Å². The Morgan fingerprint density at radius 2 is 2.42 bits per heavy atom. The van der Waals surface area contributed by atoms with Crippen LogP contribution in [0.5, 0.6) is 0 Å². The van der Waals surface area contributed by atoms with Crippen LogP contribution in [0.2, 0.25) is 0 Å². The first kappa shape index (κ1) is 14.5. The molecule has 1 aliphatic heterocycles. The molecule has 2 rings (SSSR count). The largest absolute Gasteiger partial charge is 0.467 e. The molecule has 4 nitrogen and oxygen atoms in total. The highest BCUT2D eigenvalue weighted by Gasteiger charge is 2.33. The van der Waals surface area contributed by atoms with E-state index in [1.165, 1.54) is 12.7 Å². The molecule has 0 unspecified atom stereocenters. The molecule has 2 heterocycles. The number of morpholine rings is 1. The Hall–Kier alpha value is -0.910. The van der Waals surface area contributed by atoms with Crippen LogP contribution in [0.3, 0.4) is 0 Å². The van der Waals surface area contributed by atoms with Crippen molar-refractivity contribution in [1.29, 1.82) is 0 Å². The predicted molar refractivity (Wildman–Crippen MR) is 75.4 cm³/mol. The molecule has 5 heteroatoms. The van der Waals surface area contributed by atoms with Crippen molar-refractivity contribution in [2.45, 2.75) is 38.5 Å². The highest BCUT2D eigenvalue weighted by Crippen LogP contribution is 2.18. The van der Waals surface area contributed by atoms with E-state index in [1.807, 2.05) is 6.92 Å². The van der Waals surface area contributed by atoms with Crippen molar-refractivity contribution < 1.29 is 14.3 Å². The third kappa shape index (κ3) is 3.78. The minimum Gasteiger partial charge on any atom is -0.467 e. The molecule has 0 amide bonds. The lowest BCUT2D eigenvalue weighted by Crippen LogP contribution is -2.53. The molecule has 1 aromatic rings. The summed E-state index contributed by atoms with van der Waals surface area (Å²) < 4.78 is 10.4. The maximum atomic E-state index is 11.6. The Morgan fingerprint density at radius 3 is 3.05 bits per heavy atom. The third-order valence-electron chi connectivity index (χ3n) is 3.49. The second kappa shape index (κ2) is 6.50. The molecule has 1 fully saturated rings. The summed E-state index contributed by atoms with van der Waals surface area (Å²) in [5.74, 6) is -0.278. The second-order valence-corrected chi connectivity index (χ2v) is 5.88. The van der Waals surface area contributed by atoms with E-state index in [0.717, 1.165) is 13.0 Å². The zero-order valence-corrected chi connectivity index (χ0v) is 12.5. The van der Waals surface area contributed by atoms with Gasteiger partial charge < -0.3 is 9.47 Å². The number of carbonyl (C=O) groups is 1. The van der Waals surface area contributed by atoms with Crippen LogP contribution in [0.15, 0.2) is 16.8 Å². The summed E-state index contributed by atoms with van der Waals surface area (Å²) in [5.41, 5.74) is 1.35. The van der Waals surface area contributed by atoms with E-state index < -0.39 is 6.10 Å². The molecule has 0 spiro atoms. The number of thiophene rings is 1. The Bertz CT molecular complexity index is 407. The normalized spacial score (nSPS) is 26.1. The molecule has 106 valence electrons. The first-order valence-electron chi connectivity index (χ1n) is 6.58. The van der Waals surface area contributed by atoms with Gasteiger partial charge in [0.1, 0.15) is 0 Å². The standard InChI is InChI=1S/C14H21NO3S/c1-10(6-12-4-5-19-9-12)15-7-11(2)18-13(8-15)14(16)17-3/h4-5,9-11,13H,6-8H2,1-3H3/t10-,11-,13+/m1/s1. The van der Waals surface area contributed by atoms with Gasteiger partial charge in [-0.3, -0.25) is 4.90 Å². The van der Waals surface area contributed by atoms with Gasteiger partial charge in [0, 0.05) is 19.1 Å². The number of methoxy groups -OCH3 is 1. The van der Waals surface area contributed by atoms with Gasteiger partial charge in [-0.2, -0.15) is 11.3 Å². The van der Waals surface area contributed by atoms with Crippen molar-refractivity contribution in [3.05, 3.63) is 22.4 Å². The summed E-state index contributed by atoms with van der Waals surface area (Å²) in [6.07, 6.45) is 0.603. The Balaban J connectivity index is 1.96. The molecular formula is C14H21NO3S. The van der Waals surface area contributed by atoms with Crippen LogP contribution in [0, 0.1) is 0 Å². The fraction of sp³-hybridized carbons (Fsp3) is 0.643. The number of hydrogen-bond acceptors (Lipinski definition) is 5. The fourth-order valence-corrected chi connectivity index (χ4v) is 3.17. The van der Waals surface area contributed by atoms with Gasteiger partial charge in [-0.25, -0.2) is 4.79 Å². The fourth-order valence-electron chi connectivity index (χ4n) is 2.48. The summed E-state index contributed by atoms with van der Waals surface area (Å²) >= 11 is 1.72. The van der Waals surface area contributed by atoms with Gasteiger partial charge in [0.15, 0.2) is 6.10 Å². The van der Waals surface area contributed by atoms with E-state index in [2.05, 4.69) is 28.7 Å². The Kier molecular flexibility index (Phi) is 4.96. The number of hydrogen-bond donors (Lipinski definition) is 0. The van der Waals surface area contributed by atoms with Crippen molar-refractivity contribution >= 4 is 17.3 Å². The lowest BCUT2D eigenvalue weighted by Gasteiger charge is -2.38. The van der Waals surface area contributed by atoms with Crippen LogP contribution in [0.25, 0.3) is 0 Å². The van der Waals surface area contributed by atoms with E-state index in [1.54, 1.807) is 11.3 Å². The quantitative estimate of drug-likeness (QED) is 0.792. The van der Waals surface area contributed by atoms with Crippen molar-refractivity contribution in [2.24, 2.45) is 0 Å². The van der Waals surface area contributed by atoms with Gasteiger partial charge >= 0.3 is 5.97 Å². The molecule has 0 N–H and O–H groups in total. The second-order valence-electron chi connectivity index (χ2n) is 5.10. The monoisotopic (exact) mass is 283 g/mol. The Labute approximate surface area is 118 Å². The highest BCUT2D eigenvalue weighted by molar-refractivity contribution is 7.07. The number of carbonyl (C=O) groups excluding carboxylic acids is 1. The van der Waals surface area contributed by atoms with E-state index in [-0.39, 0.29) is 12.1 Å². The van der Waals surface area contributed by atoms with Crippen LogP contribution < -0.4 is 0 Å². The average molecular weight is 283 g/mol. The highest BCUT2D eigenvalue weighted by atomic mass is 32.1. The maximum absolute atomic E-state index is 11.6. The summed E-state index contributed by atoms with van der Waals surface area (Å²) in [4.78, 5) is 13.9. The number of rotatable bonds is 4. The molecular weight excluding hydrogens is 262 g/mol. The molecule has 3 atom stereocenters. The lowest BCUT2D eigenvalue weighted by molar-refractivity contribution is -0.167. The van der Waals surface area contributed by atoms with Crippen molar-refractivity contribution in [3.63, 3.8) is 0 Å². The minimum atomic E-state index is -0.460. The molecule has 1 aromatic heterocycles. The SMILES string of the molecule is COC(=O)[C@@H]1CN([C@H](C)Cc2ccsc2)C[C@@H](C)O1. The average Bonchev–Trinajstić information content (AvgIpc) is 2.89. The van der Waals surface area contributed by atoms with E-state index in [9.17, 15) is 4.79 Å². The van der Waals surface area contributed by atoms with Gasteiger partial charge in [0.2, 0.25) is 0 Å². The van der Waals surface area contributed by atoms with Gasteiger partial charge in [0.25, 0.3) is 0 Å². The number of esters is 1. The number of nitrogens with zero attached hydrogens (tertiary/aromatic N) is 1. The molecule has 0 radical (unpaired) electrons. The van der Waals surface area contributed by atoms with Gasteiger partial charge in [0.05, 0.1) is 13.2 Å². The van der Waals surface area contributed by atoms with Crippen LogP contribution in [0.4, 0.5) is 0 Å². The van der Waals surface area contributed by atoms with Gasteiger partial charge in [-0.1, -0.05) is 0 Å². The van der Waals surface area contributed by atoms with Crippen LogP contribution in [0.1, 0.15) is 19.4 Å². The number of ether oxygens (including phenoxy) is 2. The zero-order chi connectivity index (χ0) is 13.8. The first-order valence-corrected chi connectivity index (χ1v) is 7.53. The van der Waals surface area contributed by atoms with Crippen molar-refractivity contribution in [1.82, 2.24) is 4.90 Å². The van der Waals surface area contributed by atoms with Crippen LogP contribution in [-0.4, -0.2) is 49.3 Å². The molecule has 0 aliphatic carbocycles. The predicted octanol–water partition coefficient (Wildman–Crippen LogP) is 1.94. The third-order valence-corrected chi connectivity index (χ3v) is 4.22. The van der Waals surface area contributed by atoms with Gasteiger partial charge in [-0.05, 0) is 42.7 Å². The summed E-state index contributed by atoms with van der Waals surface area (Å²) in [5, 5.41) is 4.28. The smallest absolute Gasteiger partial charge is 0.336 e. The molecule has 19 heavy (non-hydrogen) atoms. The molecule has 0 saturated carbocycles. The molecule has 1 aliphatic rings. The van der Waals surface area contributed by atoms with E-state index >= 15 is 0 Å². The van der Waals surface area contributed by atoms with Crippen molar-refractivity contribution in [3.8, 4) is 0 Å². The van der Waals surface area contributed by atoms with Crippen LogP contribution in [-0.2, 0) is 20.7 Å². The summed E-state index contributed by atoms with van der Waals surface area (Å²) in [6.45, 7) is 5.67. The zero-order valence-electron chi connectivity index (χ0n) is 11.7. The molecule has 0 aromatic carbocycles. The van der Waals surface area contributed by atoms with E-state index in [0.29, 0.717) is 12.6 Å². The lowest BCUT2D eigenvalue weighted by atomic mass is 10.1. The first-order chi connectivity index (χ1) is 9.10. The molecule has 0 bridgehead atoms. The summed E-state index contributed by atoms with van der Waals surface area (Å²) in [7, 11) is 1.41. The van der Waals surface area contributed by atoms with Crippen LogP contribution >= 0.6 is 11.3 Å².